The minimum Gasteiger partial charge on any atom is -0.474 e. The molecule has 1 aromatic rings. The molecule has 1 aromatic heterocycles. The second-order valence-electron chi connectivity index (χ2n) is 3.94. The number of aromatic nitrogens is 2. The molecule has 0 aliphatic carbocycles. The predicted octanol–water partition coefficient (Wildman–Crippen LogP) is 2.63. The lowest BCUT2D eigenvalue weighted by Crippen LogP contribution is -2.15. The topological polar surface area (TPSA) is 61.0 Å². The number of nitrogens with two attached hydrogens (primary N) is 1. The Morgan fingerprint density at radius 2 is 2.07 bits per heavy atom. The molecule has 0 aliphatic heterocycles. The van der Waals surface area contributed by atoms with Crippen molar-refractivity contribution in [1.29, 1.82) is 0 Å². The van der Waals surface area contributed by atoms with Gasteiger partial charge in [-0.05, 0) is 35.2 Å². The van der Waals surface area contributed by atoms with Crippen molar-refractivity contribution in [3.63, 3.8) is 0 Å². The van der Waals surface area contributed by atoms with E-state index in [1.54, 1.807) is 0 Å². The fourth-order valence-corrected chi connectivity index (χ4v) is 1.65. The van der Waals surface area contributed by atoms with Crippen molar-refractivity contribution in [1.82, 2.24) is 9.97 Å². The van der Waals surface area contributed by atoms with Crippen LogP contribution in [0.4, 0.5) is 5.82 Å². The van der Waals surface area contributed by atoms with E-state index in [2.05, 4.69) is 39.7 Å². The lowest BCUT2D eigenvalue weighted by molar-refractivity contribution is 0.184. The molecule has 0 saturated carbocycles. The van der Waals surface area contributed by atoms with E-state index in [1.165, 1.54) is 6.33 Å². The van der Waals surface area contributed by atoms with E-state index >= 15 is 0 Å². The highest BCUT2D eigenvalue weighted by molar-refractivity contribution is 9.10. The molecule has 0 bridgehead atoms. The zero-order valence-electron chi connectivity index (χ0n) is 9.20. The zero-order chi connectivity index (χ0) is 11.4. The maximum absolute atomic E-state index is 5.66. The molecule has 84 valence electrons. The molecule has 5 heteroatoms. The third kappa shape index (κ3) is 3.66. The van der Waals surface area contributed by atoms with Gasteiger partial charge in [0.2, 0.25) is 5.88 Å². The maximum Gasteiger partial charge on any atom is 0.233 e. The Morgan fingerprint density at radius 1 is 1.40 bits per heavy atom. The first-order valence-corrected chi connectivity index (χ1v) is 5.72. The smallest absolute Gasteiger partial charge is 0.233 e. The van der Waals surface area contributed by atoms with Gasteiger partial charge in [0.1, 0.15) is 16.6 Å². The van der Waals surface area contributed by atoms with Gasteiger partial charge in [0.25, 0.3) is 0 Å². The summed E-state index contributed by atoms with van der Waals surface area (Å²) in [4.78, 5) is 7.87. The first-order chi connectivity index (χ1) is 7.00. The Kier molecular flexibility index (Phi) is 4.32. The van der Waals surface area contributed by atoms with Crippen LogP contribution in [0.15, 0.2) is 10.8 Å². The minimum absolute atomic E-state index is 0.121. The maximum atomic E-state index is 5.66. The third-order valence-electron chi connectivity index (χ3n) is 1.90. The number of hydrogen-bond acceptors (Lipinski definition) is 4. The number of ether oxygens (including phenoxy) is 1. The molecule has 1 rings (SSSR count). The lowest BCUT2D eigenvalue weighted by Gasteiger charge is -2.16. The normalized spacial score (nSPS) is 12.9. The van der Waals surface area contributed by atoms with E-state index in [0.717, 1.165) is 6.42 Å². The Bertz CT molecular complexity index is 330. The Hall–Kier alpha value is -0.840. The first-order valence-electron chi connectivity index (χ1n) is 4.93. The number of nitrogen functional groups attached to an aromatic ring is 1. The highest BCUT2D eigenvalue weighted by Gasteiger charge is 2.12. The molecule has 0 aliphatic rings. The second kappa shape index (κ2) is 5.30. The Morgan fingerprint density at radius 3 is 2.67 bits per heavy atom. The van der Waals surface area contributed by atoms with Gasteiger partial charge in [-0.2, -0.15) is 0 Å². The molecular formula is C10H16BrN3O. The predicted molar refractivity (Wildman–Crippen MR) is 63.7 cm³/mol. The number of hydrogen-bond donors (Lipinski definition) is 1. The van der Waals surface area contributed by atoms with Crippen LogP contribution in [0.1, 0.15) is 27.2 Å². The zero-order valence-corrected chi connectivity index (χ0v) is 10.8. The van der Waals surface area contributed by atoms with Crippen LogP contribution in [-0.2, 0) is 0 Å². The van der Waals surface area contributed by atoms with Crippen molar-refractivity contribution in [2.75, 3.05) is 5.73 Å². The average molecular weight is 274 g/mol. The van der Waals surface area contributed by atoms with Crippen LogP contribution in [0.3, 0.4) is 0 Å². The molecule has 0 saturated heterocycles. The number of halogens is 1. The fourth-order valence-electron chi connectivity index (χ4n) is 1.35. The van der Waals surface area contributed by atoms with Crippen LogP contribution in [0.5, 0.6) is 5.88 Å². The average Bonchev–Trinajstić information content (AvgIpc) is 2.11. The minimum atomic E-state index is 0.121. The molecule has 0 spiro atoms. The largest absolute Gasteiger partial charge is 0.474 e. The molecule has 4 nitrogen and oxygen atoms in total. The molecule has 1 unspecified atom stereocenters. The van der Waals surface area contributed by atoms with Crippen molar-refractivity contribution >= 4 is 21.7 Å². The van der Waals surface area contributed by atoms with Gasteiger partial charge in [-0.25, -0.2) is 9.97 Å². The SMILES string of the molecule is CC(C)CC(C)Oc1ncnc(N)c1Br. The van der Waals surface area contributed by atoms with Gasteiger partial charge in [0.15, 0.2) is 0 Å². The summed E-state index contributed by atoms with van der Waals surface area (Å²) in [6, 6.07) is 0. The highest BCUT2D eigenvalue weighted by Crippen LogP contribution is 2.27. The van der Waals surface area contributed by atoms with Crippen LogP contribution in [0.2, 0.25) is 0 Å². The quantitative estimate of drug-likeness (QED) is 0.916. The van der Waals surface area contributed by atoms with Gasteiger partial charge in [-0.3, -0.25) is 0 Å². The summed E-state index contributed by atoms with van der Waals surface area (Å²) in [5.74, 6) is 1.50. The Balaban J connectivity index is 2.68. The van der Waals surface area contributed by atoms with Crippen molar-refractivity contribution in [2.45, 2.75) is 33.3 Å². The molecule has 2 N–H and O–H groups in total. The summed E-state index contributed by atoms with van der Waals surface area (Å²) in [5.41, 5.74) is 5.62. The van der Waals surface area contributed by atoms with Gasteiger partial charge in [-0.1, -0.05) is 13.8 Å². The summed E-state index contributed by atoms with van der Waals surface area (Å²) in [5, 5.41) is 0. The molecule has 0 amide bonds. The fraction of sp³-hybridized carbons (Fsp3) is 0.600. The summed E-state index contributed by atoms with van der Waals surface area (Å²) in [7, 11) is 0. The standard InChI is InChI=1S/C10H16BrN3O/c1-6(2)4-7(3)15-10-8(11)9(12)13-5-14-10/h5-7H,4H2,1-3H3,(H2,12,13,14). The summed E-state index contributed by atoms with van der Waals surface area (Å²) in [6.45, 7) is 6.33. The van der Waals surface area contributed by atoms with Crippen molar-refractivity contribution in [3.05, 3.63) is 10.8 Å². The molecule has 1 atom stereocenters. The van der Waals surface area contributed by atoms with Crippen molar-refractivity contribution < 1.29 is 4.74 Å². The molecular weight excluding hydrogens is 258 g/mol. The monoisotopic (exact) mass is 273 g/mol. The molecule has 0 radical (unpaired) electrons. The van der Waals surface area contributed by atoms with Gasteiger partial charge in [0.05, 0.1) is 6.10 Å². The number of nitrogens with zero attached hydrogens (tertiary/aromatic N) is 2. The van der Waals surface area contributed by atoms with Crippen LogP contribution in [0.25, 0.3) is 0 Å². The van der Waals surface area contributed by atoms with Crippen molar-refractivity contribution in [3.8, 4) is 5.88 Å². The summed E-state index contributed by atoms with van der Waals surface area (Å²) in [6.07, 6.45) is 2.50. The van der Waals surface area contributed by atoms with E-state index in [-0.39, 0.29) is 6.10 Å². The van der Waals surface area contributed by atoms with Gasteiger partial charge in [0, 0.05) is 0 Å². The van der Waals surface area contributed by atoms with E-state index < -0.39 is 0 Å². The summed E-state index contributed by atoms with van der Waals surface area (Å²) >= 11 is 3.30. The Labute approximate surface area is 98.4 Å². The summed E-state index contributed by atoms with van der Waals surface area (Å²) < 4.78 is 6.28. The number of rotatable bonds is 4. The van der Waals surface area contributed by atoms with Gasteiger partial charge in [-0.15, -0.1) is 0 Å². The van der Waals surface area contributed by atoms with E-state index in [4.69, 9.17) is 10.5 Å². The van der Waals surface area contributed by atoms with E-state index in [9.17, 15) is 0 Å². The van der Waals surface area contributed by atoms with Crippen LogP contribution < -0.4 is 10.5 Å². The van der Waals surface area contributed by atoms with Gasteiger partial charge >= 0.3 is 0 Å². The molecule has 1 heterocycles. The van der Waals surface area contributed by atoms with E-state index in [0.29, 0.717) is 22.1 Å². The third-order valence-corrected chi connectivity index (χ3v) is 2.65. The first kappa shape index (κ1) is 12.2. The lowest BCUT2D eigenvalue weighted by atomic mass is 10.1. The van der Waals surface area contributed by atoms with Gasteiger partial charge < -0.3 is 10.5 Å². The highest BCUT2D eigenvalue weighted by atomic mass is 79.9. The molecule has 0 fully saturated rings. The van der Waals surface area contributed by atoms with Crippen molar-refractivity contribution in [2.24, 2.45) is 5.92 Å². The second-order valence-corrected chi connectivity index (χ2v) is 4.73. The van der Waals surface area contributed by atoms with Crippen LogP contribution >= 0.6 is 15.9 Å². The van der Waals surface area contributed by atoms with E-state index in [1.807, 2.05) is 6.92 Å². The van der Waals surface area contributed by atoms with Crippen LogP contribution in [-0.4, -0.2) is 16.1 Å². The number of anilines is 1. The van der Waals surface area contributed by atoms with Crippen LogP contribution in [0, 0.1) is 5.92 Å². The molecule has 15 heavy (non-hydrogen) atoms. The molecule has 0 aromatic carbocycles.